The van der Waals surface area contributed by atoms with Crippen molar-refractivity contribution in [3.63, 3.8) is 0 Å². The van der Waals surface area contributed by atoms with E-state index in [0.29, 0.717) is 5.69 Å². The van der Waals surface area contributed by atoms with Crippen molar-refractivity contribution < 1.29 is 13.2 Å². The second-order valence-electron chi connectivity index (χ2n) is 2.65. The minimum absolute atomic E-state index is 0.0367. The van der Waals surface area contributed by atoms with Crippen LogP contribution < -0.4 is 5.32 Å². The molecule has 0 saturated carbocycles. The molecule has 14 heavy (non-hydrogen) atoms. The first-order valence-electron chi connectivity index (χ1n) is 3.72. The van der Waals surface area contributed by atoms with Crippen LogP contribution in [-0.2, 0) is 13.8 Å². The molecule has 1 rings (SSSR count). The molecule has 0 heterocycles. The smallest absolute Gasteiger partial charge is 0.261 e. The maximum atomic E-state index is 10.9. The zero-order valence-electron chi connectivity index (χ0n) is 7.32. The van der Waals surface area contributed by atoms with Gasteiger partial charge in [-0.2, -0.15) is 0 Å². The zero-order chi connectivity index (χ0) is 10.8. The number of halogens is 1. The lowest BCUT2D eigenvalue weighted by molar-refractivity contribution is -0.114. The van der Waals surface area contributed by atoms with E-state index >= 15 is 0 Å². The van der Waals surface area contributed by atoms with Crippen LogP contribution in [0.4, 0.5) is 5.69 Å². The summed E-state index contributed by atoms with van der Waals surface area (Å²) in [5.41, 5.74) is 0.402. The normalized spacial score (nSPS) is 11.0. The average molecular weight is 234 g/mol. The number of benzene rings is 1. The second kappa shape index (κ2) is 3.98. The molecule has 0 bridgehead atoms. The third-order valence-corrected chi connectivity index (χ3v) is 2.79. The number of hydrogen-bond donors (Lipinski definition) is 1. The van der Waals surface area contributed by atoms with Crippen molar-refractivity contribution in [2.75, 3.05) is 5.32 Å². The third kappa shape index (κ3) is 3.01. The summed E-state index contributed by atoms with van der Waals surface area (Å²) in [5.74, 6) is -0.269. The highest BCUT2D eigenvalue weighted by atomic mass is 35.7. The van der Waals surface area contributed by atoms with E-state index in [1.807, 2.05) is 0 Å². The van der Waals surface area contributed by atoms with Crippen molar-refractivity contribution in [2.45, 2.75) is 11.8 Å². The van der Waals surface area contributed by atoms with E-state index in [1.54, 1.807) is 6.07 Å². The Labute approximate surface area is 86.3 Å². The monoisotopic (exact) mass is 233 g/mol. The summed E-state index contributed by atoms with van der Waals surface area (Å²) in [5, 5.41) is 2.46. The van der Waals surface area contributed by atoms with E-state index in [1.165, 1.54) is 25.1 Å². The number of carbonyl (C=O) groups excluding carboxylic acids is 1. The van der Waals surface area contributed by atoms with Gasteiger partial charge in [-0.25, -0.2) is 8.42 Å². The fraction of sp³-hybridized carbons (Fsp3) is 0.125. The van der Waals surface area contributed by atoms with Gasteiger partial charge in [0, 0.05) is 23.3 Å². The van der Waals surface area contributed by atoms with Crippen molar-refractivity contribution >= 4 is 31.3 Å². The van der Waals surface area contributed by atoms with Crippen LogP contribution in [0.3, 0.4) is 0 Å². The predicted molar refractivity (Wildman–Crippen MR) is 53.8 cm³/mol. The Hall–Kier alpha value is -1.07. The van der Waals surface area contributed by atoms with Gasteiger partial charge in [0.15, 0.2) is 0 Å². The topological polar surface area (TPSA) is 63.2 Å². The fourth-order valence-electron chi connectivity index (χ4n) is 0.929. The summed E-state index contributed by atoms with van der Waals surface area (Å²) < 4.78 is 21.8. The van der Waals surface area contributed by atoms with Crippen LogP contribution in [-0.4, -0.2) is 14.3 Å². The highest BCUT2D eigenvalue weighted by Gasteiger charge is 2.09. The van der Waals surface area contributed by atoms with Crippen molar-refractivity contribution in [1.29, 1.82) is 0 Å². The van der Waals surface area contributed by atoms with Crippen LogP contribution in [0.2, 0.25) is 0 Å². The van der Waals surface area contributed by atoms with Crippen LogP contribution in [0.25, 0.3) is 0 Å². The molecule has 76 valence electrons. The predicted octanol–water partition coefficient (Wildman–Crippen LogP) is 1.57. The van der Waals surface area contributed by atoms with Gasteiger partial charge in [-0.3, -0.25) is 4.79 Å². The van der Waals surface area contributed by atoms with Gasteiger partial charge < -0.3 is 5.32 Å². The molecule has 0 spiro atoms. The highest BCUT2D eigenvalue weighted by molar-refractivity contribution is 8.13. The van der Waals surface area contributed by atoms with Crippen molar-refractivity contribution in [1.82, 2.24) is 0 Å². The summed E-state index contributed by atoms with van der Waals surface area (Å²) in [4.78, 5) is 10.6. The van der Waals surface area contributed by atoms with Crippen LogP contribution >= 0.6 is 10.7 Å². The number of anilines is 1. The van der Waals surface area contributed by atoms with Crippen molar-refractivity contribution in [3.8, 4) is 0 Å². The molecule has 0 fully saturated rings. The highest BCUT2D eigenvalue weighted by Crippen LogP contribution is 2.18. The molecule has 0 saturated heterocycles. The Kier molecular flexibility index (Phi) is 3.13. The molecule has 0 aliphatic heterocycles. The number of amides is 1. The molecule has 0 atom stereocenters. The molecule has 1 aromatic carbocycles. The van der Waals surface area contributed by atoms with Gasteiger partial charge >= 0.3 is 0 Å². The summed E-state index contributed by atoms with van der Waals surface area (Å²) in [6.07, 6.45) is 0. The van der Waals surface area contributed by atoms with Crippen LogP contribution in [0.15, 0.2) is 29.2 Å². The van der Waals surface area contributed by atoms with Crippen LogP contribution in [0, 0.1) is 0 Å². The minimum atomic E-state index is -3.74. The summed E-state index contributed by atoms with van der Waals surface area (Å²) in [7, 11) is 1.39. The van der Waals surface area contributed by atoms with E-state index < -0.39 is 9.05 Å². The average Bonchev–Trinajstić information content (AvgIpc) is 2.01. The molecule has 1 aromatic rings. The van der Waals surface area contributed by atoms with Crippen LogP contribution in [0.5, 0.6) is 0 Å². The van der Waals surface area contributed by atoms with Gasteiger partial charge in [0.1, 0.15) is 0 Å². The lowest BCUT2D eigenvalue weighted by Gasteiger charge is -2.02. The van der Waals surface area contributed by atoms with Gasteiger partial charge in [-0.15, -0.1) is 0 Å². The number of hydrogen-bond acceptors (Lipinski definition) is 3. The largest absolute Gasteiger partial charge is 0.326 e. The summed E-state index contributed by atoms with van der Waals surface area (Å²) in [6.45, 7) is 1.34. The Morgan fingerprint density at radius 2 is 2.07 bits per heavy atom. The molecular formula is C8H8ClNO3S. The van der Waals surface area contributed by atoms with Gasteiger partial charge in [0.05, 0.1) is 4.90 Å². The molecule has 0 aliphatic carbocycles. The van der Waals surface area contributed by atoms with Crippen molar-refractivity contribution in [3.05, 3.63) is 24.3 Å². The number of carbonyl (C=O) groups is 1. The molecular weight excluding hydrogens is 226 g/mol. The summed E-state index contributed by atoms with van der Waals surface area (Å²) in [6, 6.07) is 5.73. The van der Waals surface area contributed by atoms with E-state index in [-0.39, 0.29) is 10.8 Å². The lowest BCUT2D eigenvalue weighted by atomic mass is 10.3. The van der Waals surface area contributed by atoms with Gasteiger partial charge in [0.25, 0.3) is 9.05 Å². The minimum Gasteiger partial charge on any atom is -0.326 e. The first-order chi connectivity index (χ1) is 6.39. The molecule has 4 nitrogen and oxygen atoms in total. The Morgan fingerprint density at radius 3 is 2.57 bits per heavy atom. The van der Waals surface area contributed by atoms with E-state index in [0.717, 1.165) is 0 Å². The van der Waals surface area contributed by atoms with Crippen LogP contribution in [0.1, 0.15) is 6.92 Å². The number of rotatable bonds is 2. The molecule has 0 radical (unpaired) electrons. The van der Waals surface area contributed by atoms with E-state index in [2.05, 4.69) is 5.32 Å². The number of nitrogens with one attached hydrogen (secondary N) is 1. The molecule has 1 N–H and O–H groups in total. The SMILES string of the molecule is CC(=O)Nc1cccc(S(=O)(=O)Cl)c1. The standard InChI is InChI=1S/C8H8ClNO3S/c1-6(11)10-7-3-2-4-8(5-7)14(9,12)13/h2-5H,1H3,(H,10,11). The second-order valence-corrected chi connectivity index (χ2v) is 5.21. The van der Waals surface area contributed by atoms with E-state index in [9.17, 15) is 13.2 Å². The first-order valence-corrected chi connectivity index (χ1v) is 6.03. The summed E-state index contributed by atoms with van der Waals surface area (Å²) >= 11 is 0. The third-order valence-electron chi connectivity index (χ3n) is 1.44. The van der Waals surface area contributed by atoms with E-state index in [4.69, 9.17) is 10.7 Å². The van der Waals surface area contributed by atoms with Gasteiger partial charge in [0.2, 0.25) is 5.91 Å². The Morgan fingerprint density at radius 1 is 1.43 bits per heavy atom. The van der Waals surface area contributed by atoms with Gasteiger partial charge in [-0.05, 0) is 18.2 Å². The molecule has 0 aliphatic rings. The maximum Gasteiger partial charge on any atom is 0.261 e. The lowest BCUT2D eigenvalue weighted by Crippen LogP contribution is -2.06. The quantitative estimate of drug-likeness (QED) is 0.789. The first kappa shape index (κ1) is 11.0. The Bertz CT molecular complexity index is 455. The molecule has 1 amide bonds. The van der Waals surface area contributed by atoms with Gasteiger partial charge in [-0.1, -0.05) is 6.07 Å². The molecule has 0 aromatic heterocycles. The maximum absolute atomic E-state index is 10.9. The molecule has 0 unspecified atom stereocenters. The zero-order valence-corrected chi connectivity index (χ0v) is 8.89. The Balaban J connectivity index is 3.08. The van der Waals surface area contributed by atoms with Crippen molar-refractivity contribution in [2.24, 2.45) is 0 Å². The molecule has 6 heteroatoms. The fourth-order valence-corrected chi connectivity index (χ4v) is 1.73.